The van der Waals surface area contributed by atoms with Crippen molar-refractivity contribution in [1.29, 1.82) is 0 Å². The van der Waals surface area contributed by atoms with E-state index in [-0.39, 0.29) is 0 Å². The Morgan fingerprint density at radius 3 is 2.70 bits per heavy atom. The molecule has 1 aliphatic heterocycles. The summed E-state index contributed by atoms with van der Waals surface area (Å²) >= 11 is 0. The summed E-state index contributed by atoms with van der Waals surface area (Å²) in [5.74, 6) is 0.959. The highest BCUT2D eigenvalue weighted by molar-refractivity contribution is 5.55. The van der Waals surface area contributed by atoms with Crippen LogP contribution in [0.25, 0.3) is 0 Å². The third kappa shape index (κ3) is 2.96. The monoisotopic (exact) mass is 267 g/mol. The molecule has 0 saturated carbocycles. The highest BCUT2D eigenvalue weighted by atomic mass is 16.5. The molecule has 0 unspecified atom stereocenters. The zero-order valence-electron chi connectivity index (χ0n) is 12.0. The lowest BCUT2D eigenvalue weighted by molar-refractivity contribution is 0.322. The van der Waals surface area contributed by atoms with Gasteiger partial charge in [-0.15, -0.1) is 0 Å². The summed E-state index contributed by atoms with van der Waals surface area (Å²) in [6.07, 6.45) is 2.44. The van der Waals surface area contributed by atoms with Crippen LogP contribution >= 0.6 is 0 Å². The van der Waals surface area contributed by atoms with Gasteiger partial charge in [-0.1, -0.05) is 35.9 Å². The van der Waals surface area contributed by atoms with Gasteiger partial charge in [-0.3, -0.25) is 0 Å². The largest absolute Gasteiger partial charge is 0.492 e. The summed E-state index contributed by atoms with van der Waals surface area (Å²) in [5, 5.41) is 0. The van der Waals surface area contributed by atoms with Crippen molar-refractivity contribution < 1.29 is 4.74 Å². The molecule has 2 aromatic rings. The molecule has 1 heterocycles. The van der Waals surface area contributed by atoms with Gasteiger partial charge in [0.2, 0.25) is 0 Å². The summed E-state index contributed by atoms with van der Waals surface area (Å²) < 4.78 is 5.84. The molecule has 0 saturated heterocycles. The van der Waals surface area contributed by atoms with Crippen LogP contribution in [0.2, 0.25) is 0 Å². The van der Waals surface area contributed by atoms with Crippen LogP contribution in [0.5, 0.6) is 5.75 Å². The van der Waals surface area contributed by atoms with E-state index < -0.39 is 0 Å². The summed E-state index contributed by atoms with van der Waals surface area (Å²) in [4.78, 5) is 2.44. The van der Waals surface area contributed by atoms with Crippen LogP contribution in [0.15, 0.2) is 48.5 Å². The number of anilines is 1. The summed E-state index contributed by atoms with van der Waals surface area (Å²) in [5.41, 5.74) is 4.11. The number of rotatable bonds is 4. The van der Waals surface area contributed by atoms with Crippen LogP contribution in [-0.2, 0) is 6.42 Å². The van der Waals surface area contributed by atoms with E-state index in [4.69, 9.17) is 4.74 Å². The lowest BCUT2D eigenvalue weighted by atomic mass is 10.0. The standard InChI is InChI=1S/C18H21NO/c1-15-8-10-17(11-9-15)20-14-13-19-12-4-6-16-5-2-3-7-18(16)19/h2-3,5,7-11H,4,6,12-14H2,1H3. The molecule has 2 nitrogen and oxygen atoms in total. The van der Waals surface area contributed by atoms with E-state index in [0.717, 1.165) is 25.4 Å². The number of nitrogens with zero attached hydrogens (tertiary/aromatic N) is 1. The average Bonchev–Trinajstić information content (AvgIpc) is 2.49. The molecule has 0 amide bonds. The minimum absolute atomic E-state index is 0.734. The van der Waals surface area contributed by atoms with E-state index in [1.54, 1.807) is 0 Å². The second kappa shape index (κ2) is 6.00. The third-order valence-electron chi connectivity index (χ3n) is 3.86. The first-order valence-electron chi connectivity index (χ1n) is 7.35. The van der Waals surface area contributed by atoms with Crippen molar-refractivity contribution >= 4 is 5.69 Å². The van der Waals surface area contributed by atoms with Crippen LogP contribution in [0, 0.1) is 6.92 Å². The zero-order chi connectivity index (χ0) is 13.8. The van der Waals surface area contributed by atoms with E-state index in [1.807, 2.05) is 12.1 Å². The molecule has 3 rings (SSSR count). The molecule has 2 aromatic carbocycles. The van der Waals surface area contributed by atoms with Gasteiger partial charge in [-0.2, -0.15) is 0 Å². The van der Waals surface area contributed by atoms with Crippen molar-refractivity contribution in [2.75, 3.05) is 24.6 Å². The van der Waals surface area contributed by atoms with E-state index in [2.05, 4.69) is 48.2 Å². The maximum absolute atomic E-state index is 5.84. The molecule has 0 atom stereocenters. The van der Waals surface area contributed by atoms with Gasteiger partial charge in [-0.25, -0.2) is 0 Å². The second-order valence-electron chi connectivity index (χ2n) is 5.38. The molecule has 2 heteroatoms. The summed E-state index contributed by atoms with van der Waals surface area (Å²) in [6, 6.07) is 17.0. The van der Waals surface area contributed by atoms with Gasteiger partial charge in [0, 0.05) is 12.2 Å². The molecule has 0 bridgehead atoms. The van der Waals surface area contributed by atoms with Crippen molar-refractivity contribution in [2.24, 2.45) is 0 Å². The maximum atomic E-state index is 5.84. The van der Waals surface area contributed by atoms with Gasteiger partial charge in [0.25, 0.3) is 0 Å². The third-order valence-corrected chi connectivity index (χ3v) is 3.86. The first kappa shape index (κ1) is 13.0. The van der Waals surface area contributed by atoms with Crippen molar-refractivity contribution in [3.63, 3.8) is 0 Å². The van der Waals surface area contributed by atoms with Gasteiger partial charge in [0.1, 0.15) is 12.4 Å². The van der Waals surface area contributed by atoms with Crippen molar-refractivity contribution in [1.82, 2.24) is 0 Å². The predicted molar refractivity (Wildman–Crippen MR) is 83.7 cm³/mol. The summed E-state index contributed by atoms with van der Waals surface area (Å²) in [6.45, 7) is 4.91. The molecule has 0 aromatic heterocycles. The molecule has 0 aliphatic carbocycles. The van der Waals surface area contributed by atoms with Gasteiger partial charge in [0.05, 0.1) is 6.54 Å². The Morgan fingerprint density at radius 2 is 1.85 bits per heavy atom. The summed E-state index contributed by atoms with van der Waals surface area (Å²) in [7, 11) is 0. The lowest BCUT2D eigenvalue weighted by Gasteiger charge is -2.31. The zero-order valence-corrected chi connectivity index (χ0v) is 12.0. The Balaban J connectivity index is 1.58. The number of aryl methyl sites for hydroxylation is 2. The number of hydrogen-bond donors (Lipinski definition) is 0. The molecule has 104 valence electrons. The SMILES string of the molecule is Cc1ccc(OCCN2CCCc3ccccc32)cc1. The quantitative estimate of drug-likeness (QED) is 0.835. The highest BCUT2D eigenvalue weighted by Crippen LogP contribution is 2.26. The van der Waals surface area contributed by atoms with Crippen molar-refractivity contribution in [3.8, 4) is 5.75 Å². The number of ether oxygens (including phenoxy) is 1. The fourth-order valence-corrected chi connectivity index (χ4v) is 2.75. The Kier molecular flexibility index (Phi) is 3.91. The molecule has 0 N–H and O–H groups in total. The lowest BCUT2D eigenvalue weighted by Crippen LogP contribution is -2.33. The van der Waals surface area contributed by atoms with E-state index >= 15 is 0 Å². The topological polar surface area (TPSA) is 12.5 Å². The number of hydrogen-bond acceptors (Lipinski definition) is 2. The van der Waals surface area contributed by atoms with E-state index in [1.165, 1.54) is 29.7 Å². The van der Waals surface area contributed by atoms with Gasteiger partial charge >= 0.3 is 0 Å². The van der Waals surface area contributed by atoms with Crippen molar-refractivity contribution in [3.05, 3.63) is 59.7 Å². The average molecular weight is 267 g/mol. The van der Waals surface area contributed by atoms with E-state index in [9.17, 15) is 0 Å². The Hall–Kier alpha value is -1.96. The minimum Gasteiger partial charge on any atom is -0.492 e. The highest BCUT2D eigenvalue weighted by Gasteiger charge is 2.15. The van der Waals surface area contributed by atoms with Crippen LogP contribution in [0.4, 0.5) is 5.69 Å². The van der Waals surface area contributed by atoms with Crippen LogP contribution in [0.1, 0.15) is 17.5 Å². The molecule has 0 fully saturated rings. The van der Waals surface area contributed by atoms with Gasteiger partial charge in [0.15, 0.2) is 0 Å². The van der Waals surface area contributed by atoms with Gasteiger partial charge < -0.3 is 9.64 Å². The molecular formula is C18H21NO. The fraction of sp³-hybridized carbons (Fsp3) is 0.333. The Morgan fingerprint density at radius 1 is 1.05 bits per heavy atom. The normalized spacial score (nSPS) is 13.9. The first-order valence-corrected chi connectivity index (χ1v) is 7.35. The molecule has 1 aliphatic rings. The first-order chi connectivity index (χ1) is 9.83. The maximum Gasteiger partial charge on any atom is 0.119 e. The van der Waals surface area contributed by atoms with Crippen molar-refractivity contribution in [2.45, 2.75) is 19.8 Å². The number of fused-ring (bicyclic) bond motifs is 1. The Bertz CT molecular complexity index is 562. The Labute approximate surface area is 121 Å². The second-order valence-corrected chi connectivity index (χ2v) is 5.38. The van der Waals surface area contributed by atoms with E-state index in [0.29, 0.717) is 0 Å². The molecule has 20 heavy (non-hydrogen) atoms. The van der Waals surface area contributed by atoms with Crippen LogP contribution in [-0.4, -0.2) is 19.7 Å². The predicted octanol–water partition coefficient (Wildman–Crippen LogP) is 3.83. The minimum atomic E-state index is 0.734. The smallest absolute Gasteiger partial charge is 0.119 e. The fourth-order valence-electron chi connectivity index (χ4n) is 2.75. The molecule has 0 radical (unpaired) electrons. The molecular weight excluding hydrogens is 246 g/mol. The van der Waals surface area contributed by atoms with Crippen LogP contribution < -0.4 is 9.64 Å². The number of benzene rings is 2. The molecule has 0 spiro atoms. The van der Waals surface area contributed by atoms with Crippen LogP contribution in [0.3, 0.4) is 0 Å². The van der Waals surface area contributed by atoms with Gasteiger partial charge in [-0.05, 0) is 43.5 Å². The number of para-hydroxylation sites is 1.